The third-order valence-corrected chi connectivity index (χ3v) is 12.1. The van der Waals surface area contributed by atoms with Gasteiger partial charge in [0.05, 0.1) is 11.8 Å². The smallest absolute Gasteiger partial charge is 0.315 e. The second-order valence-corrected chi connectivity index (χ2v) is 18.9. The van der Waals surface area contributed by atoms with Crippen LogP contribution in [0.5, 0.6) is 0 Å². The normalized spacial score (nSPS) is 23.7. The second kappa shape index (κ2) is 14.5. The number of sulfonamides is 1. The lowest BCUT2D eigenvalue weighted by molar-refractivity contribution is -0.145. The van der Waals surface area contributed by atoms with Crippen LogP contribution in [0.1, 0.15) is 81.6 Å². The molecule has 4 N–H and O–H groups in total. The van der Waals surface area contributed by atoms with E-state index in [1.807, 2.05) is 41.5 Å². The van der Waals surface area contributed by atoms with E-state index in [0.717, 1.165) is 12.8 Å². The molecule has 0 spiro atoms. The van der Waals surface area contributed by atoms with Crippen LogP contribution in [0.3, 0.4) is 0 Å². The fourth-order valence-electron chi connectivity index (χ4n) is 6.67. The number of piperidine rings is 1. The molecule has 3 aliphatic rings. The number of carbonyl (C=O) groups is 5. The van der Waals surface area contributed by atoms with Gasteiger partial charge in [0.15, 0.2) is 0 Å². The number of nitrogens with one attached hydrogen (secondary N) is 4. The van der Waals surface area contributed by atoms with Crippen molar-refractivity contribution in [1.29, 1.82) is 0 Å². The summed E-state index contributed by atoms with van der Waals surface area (Å²) in [7, 11) is -2.02. The third-order valence-electron chi connectivity index (χ3n) is 10.3. The number of rotatable bonds is 15. The maximum Gasteiger partial charge on any atom is 0.315 e. The number of nitrogens with zero attached hydrogens (tertiary/aromatic N) is 2. The number of Topliss-reactive ketones (excluding diaryl/α,β-unsaturated/α-hetero) is 1. The van der Waals surface area contributed by atoms with Gasteiger partial charge in [0.1, 0.15) is 12.1 Å². The maximum absolute atomic E-state index is 14.4. The van der Waals surface area contributed by atoms with Gasteiger partial charge in [0.25, 0.3) is 5.91 Å². The van der Waals surface area contributed by atoms with Crippen molar-refractivity contribution in [3.05, 3.63) is 12.7 Å². The van der Waals surface area contributed by atoms with Gasteiger partial charge in [0.2, 0.25) is 27.6 Å². The predicted molar refractivity (Wildman–Crippen MR) is 184 cm³/mol. The van der Waals surface area contributed by atoms with Crippen molar-refractivity contribution in [1.82, 2.24) is 30.5 Å². The summed E-state index contributed by atoms with van der Waals surface area (Å²) in [6.07, 6.45) is 3.65. The Balaban J connectivity index is 1.83. The molecule has 2 saturated carbocycles. The van der Waals surface area contributed by atoms with Crippen molar-refractivity contribution >= 4 is 39.6 Å². The van der Waals surface area contributed by atoms with Crippen molar-refractivity contribution in [2.24, 2.45) is 34.0 Å². The minimum atomic E-state index is -3.50. The Bertz CT molecular complexity index is 1380. The van der Waals surface area contributed by atoms with E-state index in [2.05, 4.69) is 41.7 Å². The van der Waals surface area contributed by atoms with Gasteiger partial charge in [-0.3, -0.25) is 19.2 Å². The van der Waals surface area contributed by atoms with Crippen LogP contribution in [0, 0.1) is 34.0 Å². The topological polar surface area (TPSA) is 174 Å². The molecular formula is C34H58N6O7S. The molecule has 1 unspecified atom stereocenters. The van der Waals surface area contributed by atoms with Gasteiger partial charge in [-0.15, -0.1) is 6.58 Å². The standard InChI is InChI=1S/C34H58N6O7S/c1-12-16-35-29(43)26(41)22(17-20-14-15-20)36-28(42)25-24-21(34(24,9)10)18-40(25)30(44)27(33(6,7)8)38-31(45)37-23(32(3,4)5)19-39(11)48(46,47)13-2/h12,20-25,27H,1,13-19H2,2-11H3,(H,35,43)(H,36,42)(H2,37,38,45)/t21-,22?,23+,24-,25-,27+/m0/s1. The Morgan fingerprint density at radius 3 is 2.10 bits per heavy atom. The molecule has 1 aliphatic heterocycles. The van der Waals surface area contributed by atoms with E-state index in [9.17, 15) is 32.4 Å². The molecule has 0 aromatic carbocycles. The molecule has 1 heterocycles. The highest BCUT2D eigenvalue weighted by Gasteiger charge is 2.70. The van der Waals surface area contributed by atoms with Gasteiger partial charge in [0, 0.05) is 32.7 Å². The summed E-state index contributed by atoms with van der Waals surface area (Å²) in [5.74, 6) is -2.35. The first kappa shape index (κ1) is 39.4. The largest absolute Gasteiger partial charge is 0.346 e. The number of hydrogen-bond donors (Lipinski definition) is 4. The predicted octanol–water partition coefficient (Wildman–Crippen LogP) is 2.04. The number of ketones is 1. The van der Waals surface area contributed by atoms with Gasteiger partial charge in [-0.05, 0) is 47.3 Å². The average Bonchev–Trinajstić information content (AvgIpc) is 3.83. The van der Waals surface area contributed by atoms with E-state index in [1.54, 1.807) is 6.92 Å². The maximum atomic E-state index is 14.4. The van der Waals surface area contributed by atoms with Crippen LogP contribution < -0.4 is 21.3 Å². The van der Waals surface area contributed by atoms with E-state index in [-0.39, 0.29) is 42.0 Å². The molecule has 272 valence electrons. The Kier molecular flexibility index (Phi) is 11.9. The van der Waals surface area contributed by atoms with Crippen LogP contribution in [0.15, 0.2) is 12.7 Å². The molecule has 2 aliphatic carbocycles. The van der Waals surface area contributed by atoms with Crippen LogP contribution in [-0.4, -0.2) is 104 Å². The lowest BCUT2D eigenvalue weighted by Crippen LogP contribution is -2.62. The molecular weight excluding hydrogens is 636 g/mol. The summed E-state index contributed by atoms with van der Waals surface area (Å²) in [6, 6.07) is -4.13. The minimum absolute atomic E-state index is 0.0421. The fraction of sp³-hybridized carbons (Fsp3) is 0.794. The summed E-state index contributed by atoms with van der Waals surface area (Å²) in [5.41, 5.74) is -1.48. The first-order chi connectivity index (χ1) is 22.0. The molecule has 3 fully saturated rings. The lowest BCUT2D eigenvalue weighted by Gasteiger charge is -2.39. The van der Waals surface area contributed by atoms with Crippen molar-refractivity contribution < 1.29 is 32.4 Å². The molecule has 3 rings (SSSR count). The van der Waals surface area contributed by atoms with Gasteiger partial charge in [-0.1, -0.05) is 74.3 Å². The zero-order valence-corrected chi connectivity index (χ0v) is 31.3. The zero-order chi connectivity index (χ0) is 36.6. The third kappa shape index (κ3) is 9.16. The number of fused-ring (bicyclic) bond motifs is 1. The van der Waals surface area contributed by atoms with E-state index in [4.69, 9.17) is 0 Å². The highest BCUT2D eigenvalue weighted by Crippen LogP contribution is 2.65. The van der Waals surface area contributed by atoms with Crippen LogP contribution in [0.4, 0.5) is 4.79 Å². The van der Waals surface area contributed by atoms with Crippen molar-refractivity contribution in [3.63, 3.8) is 0 Å². The molecule has 13 nitrogen and oxygen atoms in total. The van der Waals surface area contributed by atoms with Gasteiger partial charge >= 0.3 is 6.03 Å². The van der Waals surface area contributed by atoms with Crippen LogP contribution in [-0.2, 0) is 29.2 Å². The lowest BCUT2D eigenvalue weighted by atomic mass is 9.85. The van der Waals surface area contributed by atoms with E-state index in [0.29, 0.717) is 13.0 Å². The quantitative estimate of drug-likeness (QED) is 0.150. The number of amides is 5. The molecule has 1 saturated heterocycles. The number of carbonyl (C=O) groups excluding carboxylic acids is 5. The molecule has 6 atom stereocenters. The van der Waals surface area contributed by atoms with Crippen LogP contribution >= 0.6 is 0 Å². The average molecular weight is 695 g/mol. The molecule has 5 amide bonds. The first-order valence-corrected chi connectivity index (χ1v) is 18.6. The second-order valence-electron chi connectivity index (χ2n) is 16.5. The molecule has 14 heteroatoms. The van der Waals surface area contributed by atoms with Gasteiger partial charge in [-0.2, -0.15) is 0 Å². The number of hydrogen-bond acceptors (Lipinski definition) is 7. The molecule has 48 heavy (non-hydrogen) atoms. The van der Waals surface area contributed by atoms with Gasteiger partial charge < -0.3 is 26.2 Å². The SMILES string of the molecule is C=CCNC(=O)C(=O)C(CC1CC1)NC(=O)[C@@H]1[C@@H]2[C@H](CN1C(=O)[C@@H](NC(=O)N[C@H](CN(C)S(=O)(=O)CC)C(C)(C)C)C(C)(C)C)C2(C)C. The minimum Gasteiger partial charge on any atom is -0.346 e. The highest BCUT2D eigenvalue weighted by atomic mass is 32.2. The van der Waals surface area contributed by atoms with Gasteiger partial charge in [-0.25, -0.2) is 17.5 Å². The molecule has 0 bridgehead atoms. The number of likely N-dealkylation sites (tertiary alicyclic amines) is 1. The number of likely N-dealkylation sites (N-methyl/N-ethyl adjacent to an activating group) is 1. The number of urea groups is 1. The Hall–Kier alpha value is -3.00. The first-order valence-electron chi connectivity index (χ1n) is 17.0. The highest BCUT2D eigenvalue weighted by molar-refractivity contribution is 7.89. The fourth-order valence-corrected chi connectivity index (χ4v) is 7.49. The van der Waals surface area contributed by atoms with Crippen molar-refractivity contribution in [2.45, 2.75) is 106 Å². The van der Waals surface area contributed by atoms with E-state index >= 15 is 0 Å². The summed E-state index contributed by atoms with van der Waals surface area (Å²) >= 11 is 0. The Labute approximate surface area is 286 Å². The summed E-state index contributed by atoms with van der Waals surface area (Å²) in [6.45, 7) is 20.8. The Morgan fingerprint density at radius 1 is 1.00 bits per heavy atom. The van der Waals surface area contributed by atoms with Crippen LogP contribution in [0.2, 0.25) is 0 Å². The van der Waals surface area contributed by atoms with Crippen LogP contribution in [0.25, 0.3) is 0 Å². The monoisotopic (exact) mass is 694 g/mol. The molecule has 0 aromatic heterocycles. The summed E-state index contributed by atoms with van der Waals surface area (Å²) in [5, 5.41) is 11.1. The summed E-state index contributed by atoms with van der Waals surface area (Å²) in [4.78, 5) is 69.1. The zero-order valence-electron chi connectivity index (χ0n) is 30.4. The molecule has 0 radical (unpaired) electrons. The van der Waals surface area contributed by atoms with Crippen molar-refractivity contribution in [3.8, 4) is 0 Å². The summed E-state index contributed by atoms with van der Waals surface area (Å²) < 4.78 is 26.1. The van der Waals surface area contributed by atoms with E-state index < -0.39 is 74.6 Å². The van der Waals surface area contributed by atoms with E-state index in [1.165, 1.54) is 22.3 Å². The Morgan fingerprint density at radius 2 is 1.60 bits per heavy atom. The molecule has 0 aromatic rings. The van der Waals surface area contributed by atoms with Crippen molar-refractivity contribution in [2.75, 3.05) is 32.4 Å².